The normalized spacial score (nSPS) is 19.6. The van der Waals surface area contributed by atoms with Gasteiger partial charge < -0.3 is 0 Å². The molecule has 5 heteroatoms. The van der Waals surface area contributed by atoms with Crippen LogP contribution in [0.15, 0.2) is 24.3 Å². The summed E-state index contributed by atoms with van der Waals surface area (Å²) in [5.41, 5.74) is 2.13. The van der Waals surface area contributed by atoms with Crippen LogP contribution in [-0.4, -0.2) is 25.8 Å². The highest BCUT2D eigenvalue weighted by molar-refractivity contribution is 7.88. The van der Waals surface area contributed by atoms with Gasteiger partial charge in [0.1, 0.15) is 0 Å². The number of halogens is 1. The molecule has 0 N–H and O–H groups in total. The summed E-state index contributed by atoms with van der Waals surface area (Å²) in [6, 6.07) is 7.50. The molecule has 1 heterocycles. The Balaban J connectivity index is 2.02. The Morgan fingerprint density at radius 3 is 2.14 bits per heavy atom. The molecule has 0 saturated carbocycles. The van der Waals surface area contributed by atoms with E-state index in [9.17, 15) is 8.42 Å². The molecule has 0 unspecified atom stereocenters. The van der Waals surface area contributed by atoms with E-state index >= 15 is 0 Å². The smallest absolute Gasteiger partial charge is 0.212 e. The van der Waals surface area contributed by atoms with Crippen LogP contribution >= 0.6 is 11.6 Å². The van der Waals surface area contributed by atoms with E-state index in [2.05, 4.69) is 13.8 Å². The Kier molecular flexibility index (Phi) is 5.33. The molecular formula is C16H24ClNO2S. The second-order valence-electron chi connectivity index (χ2n) is 6.27. The van der Waals surface area contributed by atoms with Gasteiger partial charge in [-0.15, -0.1) is 11.6 Å². The fourth-order valence-electron chi connectivity index (χ4n) is 2.68. The molecule has 0 aliphatic carbocycles. The van der Waals surface area contributed by atoms with Gasteiger partial charge in [-0.1, -0.05) is 44.5 Å². The maximum absolute atomic E-state index is 12.5. The number of hydrogen-bond donors (Lipinski definition) is 0. The van der Waals surface area contributed by atoms with Crippen molar-refractivity contribution in [3.8, 4) is 0 Å². The fourth-order valence-corrected chi connectivity index (χ4v) is 4.40. The molecule has 0 bridgehead atoms. The molecule has 3 nitrogen and oxygen atoms in total. The van der Waals surface area contributed by atoms with Gasteiger partial charge in [0.15, 0.2) is 0 Å². The molecule has 0 amide bonds. The Bertz CT molecular complexity index is 560. The lowest BCUT2D eigenvalue weighted by Crippen LogP contribution is -2.42. The molecule has 1 aliphatic rings. The summed E-state index contributed by atoms with van der Waals surface area (Å²) in [7, 11) is -3.21. The third-order valence-corrected chi connectivity index (χ3v) is 6.86. The van der Waals surface area contributed by atoms with Gasteiger partial charge in [-0.3, -0.25) is 0 Å². The van der Waals surface area contributed by atoms with Crippen LogP contribution in [0.1, 0.15) is 44.2 Å². The second-order valence-corrected chi connectivity index (χ2v) is 8.51. The van der Waals surface area contributed by atoms with E-state index in [0.29, 0.717) is 24.4 Å². The number of hydrogen-bond acceptors (Lipinski definition) is 2. The van der Waals surface area contributed by atoms with Crippen LogP contribution in [0, 0.1) is 5.41 Å². The van der Waals surface area contributed by atoms with Crippen molar-refractivity contribution in [2.75, 3.05) is 13.1 Å². The van der Waals surface area contributed by atoms with Gasteiger partial charge in [-0.2, -0.15) is 0 Å². The van der Waals surface area contributed by atoms with Crippen molar-refractivity contribution >= 4 is 21.6 Å². The summed E-state index contributed by atoms with van der Waals surface area (Å²) in [5.74, 6) is 0.535. The Morgan fingerprint density at radius 2 is 1.67 bits per heavy atom. The number of rotatable bonds is 5. The monoisotopic (exact) mass is 329 g/mol. The van der Waals surface area contributed by atoms with Gasteiger partial charge in [-0.05, 0) is 29.4 Å². The first kappa shape index (κ1) is 16.8. The van der Waals surface area contributed by atoms with Crippen LogP contribution in [0.4, 0.5) is 0 Å². The fraction of sp³-hybridized carbons (Fsp3) is 0.625. The Labute approximate surface area is 133 Å². The first-order valence-corrected chi connectivity index (χ1v) is 9.64. The number of sulfonamides is 1. The Morgan fingerprint density at radius 1 is 1.14 bits per heavy atom. The molecule has 0 spiro atoms. The average molecular weight is 330 g/mol. The van der Waals surface area contributed by atoms with E-state index in [0.717, 1.165) is 30.4 Å². The largest absolute Gasteiger partial charge is 0.218 e. The SMILES string of the molecule is CCC1(C)CCN(S(=O)(=O)Cc2ccc(CCl)cc2)CC1. The summed E-state index contributed by atoms with van der Waals surface area (Å²) < 4.78 is 26.7. The zero-order chi connectivity index (χ0) is 15.5. The van der Waals surface area contributed by atoms with Gasteiger partial charge in [0.25, 0.3) is 0 Å². The van der Waals surface area contributed by atoms with E-state index in [-0.39, 0.29) is 5.75 Å². The van der Waals surface area contributed by atoms with Gasteiger partial charge >= 0.3 is 0 Å². The molecule has 0 atom stereocenters. The predicted octanol–water partition coefficient (Wildman–Crippen LogP) is 3.77. The third kappa shape index (κ3) is 4.21. The highest BCUT2D eigenvalue weighted by Gasteiger charge is 2.33. The van der Waals surface area contributed by atoms with Gasteiger partial charge in [0, 0.05) is 19.0 Å². The molecular weight excluding hydrogens is 306 g/mol. The molecule has 1 saturated heterocycles. The highest BCUT2D eigenvalue weighted by Crippen LogP contribution is 2.35. The third-order valence-electron chi connectivity index (χ3n) is 4.70. The number of benzene rings is 1. The molecule has 2 rings (SSSR count). The highest BCUT2D eigenvalue weighted by atomic mass is 35.5. The quantitative estimate of drug-likeness (QED) is 0.771. The summed E-state index contributed by atoms with van der Waals surface area (Å²) in [6.07, 6.45) is 3.02. The zero-order valence-corrected chi connectivity index (χ0v) is 14.4. The van der Waals surface area contributed by atoms with Crippen molar-refractivity contribution in [3.05, 3.63) is 35.4 Å². The number of alkyl halides is 1. The maximum atomic E-state index is 12.5. The first-order valence-electron chi connectivity index (χ1n) is 7.50. The second kappa shape index (κ2) is 6.67. The Hall–Kier alpha value is -0.580. The van der Waals surface area contributed by atoms with E-state index in [1.54, 1.807) is 4.31 Å². The minimum Gasteiger partial charge on any atom is -0.212 e. The van der Waals surface area contributed by atoms with E-state index in [1.807, 2.05) is 24.3 Å². The molecule has 0 radical (unpaired) electrons. The van der Waals surface area contributed by atoms with Gasteiger partial charge in [-0.25, -0.2) is 12.7 Å². The minimum absolute atomic E-state index is 0.0818. The van der Waals surface area contributed by atoms with Crippen LogP contribution in [-0.2, 0) is 21.7 Å². The number of nitrogens with zero attached hydrogens (tertiary/aromatic N) is 1. The predicted molar refractivity (Wildman–Crippen MR) is 87.8 cm³/mol. The van der Waals surface area contributed by atoms with E-state index in [4.69, 9.17) is 11.6 Å². The molecule has 1 aromatic rings. The standard InChI is InChI=1S/C16H24ClNO2S/c1-3-16(2)8-10-18(11-9-16)21(19,20)13-15-6-4-14(12-17)5-7-15/h4-7H,3,8-13H2,1-2H3. The lowest BCUT2D eigenvalue weighted by molar-refractivity contribution is 0.169. The van der Waals surface area contributed by atoms with Crippen LogP contribution in [0.5, 0.6) is 0 Å². The lowest BCUT2D eigenvalue weighted by Gasteiger charge is -2.38. The molecule has 1 aliphatic heterocycles. The van der Waals surface area contributed by atoms with Gasteiger partial charge in [0.05, 0.1) is 5.75 Å². The molecule has 0 aromatic heterocycles. The molecule has 21 heavy (non-hydrogen) atoms. The summed E-state index contributed by atoms with van der Waals surface area (Å²) in [6.45, 7) is 5.73. The van der Waals surface area contributed by atoms with Crippen molar-refractivity contribution in [3.63, 3.8) is 0 Å². The van der Waals surface area contributed by atoms with Crippen molar-refractivity contribution in [2.45, 2.75) is 44.7 Å². The molecule has 1 fully saturated rings. The van der Waals surface area contributed by atoms with Crippen molar-refractivity contribution in [1.82, 2.24) is 4.31 Å². The summed E-state index contributed by atoms with van der Waals surface area (Å²) in [5, 5.41) is 0. The van der Waals surface area contributed by atoms with Crippen LogP contribution in [0.25, 0.3) is 0 Å². The summed E-state index contributed by atoms with van der Waals surface area (Å²) >= 11 is 5.75. The summed E-state index contributed by atoms with van der Waals surface area (Å²) in [4.78, 5) is 0. The lowest BCUT2D eigenvalue weighted by atomic mass is 9.79. The van der Waals surface area contributed by atoms with Crippen LogP contribution in [0.3, 0.4) is 0 Å². The van der Waals surface area contributed by atoms with Crippen LogP contribution in [0.2, 0.25) is 0 Å². The van der Waals surface area contributed by atoms with E-state index < -0.39 is 10.0 Å². The maximum Gasteiger partial charge on any atom is 0.218 e. The van der Waals surface area contributed by atoms with Gasteiger partial charge in [0.2, 0.25) is 10.0 Å². The van der Waals surface area contributed by atoms with Crippen LogP contribution < -0.4 is 0 Å². The average Bonchev–Trinajstić information content (AvgIpc) is 2.48. The number of piperidine rings is 1. The van der Waals surface area contributed by atoms with E-state index in [1.165, 1.54) is 0 Å². The minimum atomic E-state index is -3.21. The van der Waals surface area contributed by atoms with Crippen molar-refractivity contribution in [2.24, 2.45) is 5.41 Å². The molecule has 118 valence electrons. The van der Waals surface area contributed by atoms with Crippen molar-refractivity contribution in [1.29, 1.82) is 0 Å². The molecule has 1 aromatic carbocycles. The van der Waals surface area contributed by atoms with Crippen molar-refractivity contribution < 1.29 is 8.42 Å². The zero-order valence-electron chi connectivity index (χ0n) is 12.8. The first-order chi connectivity index (χ1) is 9.88. The topological polar surface area (TPSA) is 37.4 Å².